The van der Waals surface area contributed by atoms with Crippen LogP contribution in [0.2, 0.25) is 0 Å². The number of carboxylic acid groups (broad SMARTS) is 1. The highest BCUT2D eigenvalue weighted by Gasteiger charge is 2.36. The minimum Gasteiger partial charge on any atom is -0.481 e. The highest BCUT2D eigenvalue weighted by molar-refractivity contribution is 5.76. The third-order valence-electron chi connectivity index (χ3n) is 3.96. The SMILES string of the molecule is O=C(O)C1CCN(C(=O)N2CC=C(C(F)(F)F)CC2)CC1. The monoisotopic (exact) mass is 306 g/mol. The average Bonchev–Trinajstić information content (AvgIpc) is 2.46. The molecule has 21 heavy (non-hydrogen) atoms. The first-order valence-electron chi connectivity index (χ1n) is 6.82. The molecule has 1 saturated heterocycles. The normalized spacial score (nSPS) is 21.2. The Morgan fingerprint density at radius 1 is 1.14 bits per heavy atom. The molecule has 2 aliphatic heterocycles. The van der Waals surface area contributed by atoms with Gasteiger partial charge in [-0.1, -0.05) is 6.08 Å². The molecule has 2 heterocycles. The Balaban J connectivity index is 1.89. The summed E-state index contributed by atoms with van der Waals surface area (Å²) in [5.41, 5.74) is -0.587. The van der Waals surface area contributed by atoms with Crippen molar-refractivity contribution in [3.63, 3.8) is 0 Å². The zero-order valence-corrected chi connectivity index (χ0v) is 11.4. The number of aliphatic carboxylic acids is 1. The topological polar surface area (TPSA) is 60.9 Å². The molecule has 0 bridgehead atoms. The number of likely N-dealkylation sites (tertiary alicyclic amines) is 1. The van der Waals surface area contributed by atoms with E-state index in [9.17, 15) is 22.8 Å². The summed E-state index contributed by atoms with van der Waals surface area (Å²) in [5, 5.41) is 8.89. The van der Waals surface area contributed by atoms with E-state index in [2.05, 4.69) is 0 Å². The number of alkyl halides is 3. The lowest BCUT2D eigenvalue weighted by molar-refractivity contribution is -0.143. The van der Waals surface area contributed by atoms with E-state index in [1.807, 2.05) is 0 Å². The van der Waals surface area contributed by atoms with Gasteiger partial charge in [-0.05, 0) is 19.3 Å². The number of urea groups is 1. The number of carbonyl (C=O) groups excluding carboxylic acids is 1. The van der Waals surface area contributed by atoms with Crippen LogP contribution in [0.3, 0.4) is 0 Å². The second-order valence-electron chi connectivity index (χ2n) is 5.31. The predicted octanol–water partition coefficient (Wildman–Crippen LogP) is 2.10. The van der Waals surface area contributed by atoms with Crippen LogP contribution in [0.1, 0.15) is 19.3 Å². The third-order valence-corrected chi connectivity index (χ3v) is 3.96. The Morgan fingerprint density at radius 2 is 1.76 bits per heavy atom. The Morgan fingerprint density at radius 3 is 2.19 bits per heavy atom. The molecular weight excluding hydrogens is 289 g/mol. The van der Waals surface area contributed by atoms with Crippen molar-refractivity contribution in [2.45, 2.75) is 25.4 Å². The highest BCUT2D eigenvalue weighted by atomic mass is 19.4. The van der Waals surface area contributed by atoms with Crippen LogP contribution in [0.15, 0.2) is 11.6 Å². The molecule has 0 spiro atoms. The van der Waals surface area contributed by atoms with Crippen LogP contribution >= 0.6 is 0 Å². The summed E-state index contributed by atoms with van der Waals surface area (Å²) in [6, 6.07) is -0.309. The van der Waals surface area contributed by atoms with Crippen molar-refractivity contribution in [3.05, 3.63) is 11.6 Å². The van der Waals surface area contributed by atoms with Gasteiger partial charge in [-0.15, -0.1) is 0 Å². The van der Waals surface area contributed by atoms with Crippen LogP contribution in [0.5, 0.6) is 0 Å². The fourth-order valence-electron chi connectivity index (χ4n) is 2.62. The maximum absolute atomic E-state index is 12.5. The summed E-state index contributed by atoms with van der Waals surface area (Å²) >= 11 is 0. The van der Waals surface area contributed by atoms with Gasteiger partial charge in [0.25, 0.3) is 0 Å². The van der Waals surface area contributed by atoms with E-state index in [0.29, 0.717) is 25.9 Å². The molecule has 118 valence electrons. The van der Waals surface area contributed by atoms with E-state index in [0.717, 1.165) is 6.08 Å². The molecule has 0 radical (unpaired) electrons. The highest BCUT2D eigenvalue weighted by Crippen LogP contribution is 2.30. The molecule has 0 saturated carbocycles. The Bertz CT molecular complexity index is 454. The van der Waals surface area contributed by atoms with Gasteiger partial charge in [0.2, 0.25) is 0 Å². The van der Waals surface area contributed by atoms with Gasteiger partial charge in [0.15, 0.2) is 0 Å². The van der Waals surface area contributed by atoms with Crippen LogP contribution in [-0.4, -0.2) is 59.3 Å². The van der Waals surface area contributed by atoms with Crippen molar-refractivity contribution in [3.8, 4) is 0 Å². The molecule has 2 amide bonds. The Kier molecular flexibility index (Phi) is 4.43. The van der Waals surface area contributed by atoms with Gasteiger partial charge in [0.1, 0.15) is 0 Å². The standard InChI is InChI=1S/C13H17F3N2O3/c14-13(15,16)10-3-7-18(8-4-10)12(21)17-5-1-9(2-6-17)11(19)20/h3,9H,1-2,4-8H2,(H,19,20). The third kappa shape index (κ3) is 3.68. The van der Waals surface area contributed by atoms with E-state index < -0.39 is 23.6 Å². The van der Waals surface area contributed by atoms with Crippen LogP contribution in [0.4, 0.5) is 18.0 Å². The number of carboxylic acids is 1. The van der Waals surface area contributed by atoms with Gasteiger partial charge in [-0.2, -0.15) is 13.2 Å². The summed E-state index contributed by atoms with van der Waals surface area (Å²) in [6.45, 7) is 0.667. The molecule has 0 unspecified atom stereocenters. The van der Waals surface area contributed by atoms with E-state index in [-0.39, 0.29) is 25.5 Å². The van der Waals surface area contributed by atoms with Gasteiger partial charge in [-0.3, -0.25) is 4.79 Å². The van der Waals surface area contributed by atoms with Crippen molar-refractivity contribution in [2.24, 2.45) is 5.92 Å². The molecule has 0 aromatic heterocycles. The fraction of sp³-hybridized carbons (Fsp3) is 0.692. The van der Waals surface area contributed by atoms with E-state index in [1.165, 1.54) is 9.80 Å². The fourth-order valence-corrected chi connectivity index (χ4v) is 2.62. The molecule has 0 aromatic rings. The van der Waals surface area contributed by atoms with Crippen LogP contribution in [0, 0.1) is 5.92 Å². The smallest absolute Gasteiger partial charge is 0.412 e. The Labute approximate surface area is 120 Å². The quantitative estimate of drug-likeness (QED) is 0.755. The largest absolute Gasteiger partial charge is 0.481 e. The molecule has 2 aliphatic rings. The average molecular weight is 306 g/mol. The van der Waals surface area contributed by atoms with Crippen molar-refractivity contribution in [1.29, 1.82) is 0 Å². The number of carbonyl (C=O) groups is 2. The number of nitrogens with zero attached hydrogens (tertiary/aromatic N) is 2. The first-order valence-corrected chi connectivity index (χ1v) is 6.82. The van der Waals surface area contributed by atoms with E-state index in [1.54, 1.807) is 0 Å². The number of amides is 2. The summed E-state index contributed by atoms with van der Waals surface area (Å²) in [4.78, 5) is 25.9. The van der Waals surface area contributed by atoms with E-state index in [4.69, 9.17) is 5.11 Å². The lowest BCUT2D eigenvalue weighted by Gasteiger charge is -2.36. The van der Waals surface area contributed by atoms with Gasteiger partial charge in [-0.25, -0.2) is 4.79 Å². The number of halogens is 3. The minimum atomic E-state index is -4.32. The lowest BCUT2D eigenvalue weighted by Crippen LogP contribution is -2.49. The molecular formula is C13H17F3N2O3. The number of piperidine rings is 1. The van der Waals surface area contributed by atoms with Crippen LogP contribution in [-0.2, 0) is 4.79 Å². The van der Waals surface area contributed by atoms with Crippen molar-refractivity contribution >= 4 is 12.0 Å². The number of hydrogen-bond acceptors (Lipinski definition) is 2. The first kappa shape index (κ1) is 15.7. The summed E-state index contributed by atoms with van der Waals surface area (Å²) in [5.74, 6) is -1.30. The summed E-state index contributed by atoms with van der Waals surface area (Å²) in [6.07, 6.45) is -2.70. The van der Waals surface area contributed by atoms with Gasteiger partial charge in [0.05, 0.1) is 5.92 Å². The van der Waals surface area contributed by atoms with Gasteiger partial charge >= 0.3 is 18.2 Å². The minimum absolute atomic E-state index is 0.0447. The summed E-state index contributed by atoms with van der Waals surface area (Å²) < 4.78 is 37.5. The van der Waals surface area contributed by atoms with Crippen molar-refractivity contribution < 1.29 is 27.9 Å². The van der Waals surface area contributed by atoms with Crippen molar-refractivity contribution in [1.82, 2.24) is 9.80 Å². The zero-order valence-electron chi connectivity index (χ0n) is 11.4. The molecule has 0 aliphatic carbocycles. The second-order valence-corrected chi connectivity index (χ2v) is 5.31. The second kappa shape index (κ2) is 5.95. The zero-order chi connectivity index (χ0) is 15.6. The molecule has 8 heteroatoms. The van der Waals surface area contributed by atoms with E-state index >= 15 is 0 Å². The first-order chi connectivity index (χ1) is 9.79. The maximum atomic E-state index is 12.5. The number of hydrogen-bond donors (Lipinski definition) is 1. The van der Waals surface area contributed by atoms with Gasteiger partial charge < -0.3 is 14.9 Å². The van der Waals surface area contributed by atoms with Crippen LogP contribution in [0.25, 0.3) is 0 Å². The Hall–Kier alpha value is -1.73. The van der Waals surface area contributed by atoms with Crippen LogP contribution < -0.4 is 0 Å². The molecule has 0 aromatic carbocycles. The molecule has 5 nitrogen and oxygen atoms in total. The van der Waals surface area contributed by atoms with Gasteiger partial charge in [0, 0.05) is 31.8 Å². The number of rotatable bonds is 1. The lowest BCUT2D eigenvalue weighted by atomic mass is 9.97. The summed E-state index contributed by atoms with van der Waals surface area (Å²) in [7, 11) is 0. The van der Waals surface area contributed by atoms with Crippen molar-refractivity contribution in [2.75, 3.05) is 26.2 Å². The molecule has 1 fully saturated rings. The molecule has 0 atom stereocenters. The predicted molar refractivity (Wildman–Crippen MR) is 67.7 cm³/mol. The maximum Gasteiger partial charge on any atom is 0.412 e. The molecule has 1 N–H and O–H groups in total. The molecule has 2 rings (SSSR count).